The molecule has 1 aliphatic carbocycles. The van der Waals surface area contributed by atoms with Gasteiger partial charge in [-0.3, -0.25) is 4.79 Å². The highest BCUT2D eigenvalue weighted by Crippen LogP contribution is 2.33. The second-order valence-electron chi connectivity index (χ2n) is 5.59. The highest BCUT2D eigenvalue weighted by molar-refractivity contribution is 5.92. The Hall–Kier alpha value is -1.90. The fraction of sp³-hybridized carbons (Fsp3) is 0.412. The largest absolute Gasteiger partial charge is 0.356 e. The van der Waals surface area contributed by atoms with Crippen molar-refractivity contribution in [3.63, 3.8) is 0 Å². The van der Waals surface area contributed by atoms with Gasteiger partial charge < -0.3 is 4.52 Å². The van der Waals surface area contributed by atoms with Crippen molar-refractivity contribution >= 4 is 5.78 Å². The molecule has 0 radical (unpaired) electrons. The topological polar surface area (TPSA) is 43.1 Å². The fourth-order valence-electron chi connectivity index (χ4n) is 2.93. The van der Waals surface area contributed by atoms with E-state index >= 15 is 0 Å². The van der Waals surface area contributed by atoms with Crippen LogP contribution < -0.4 is 0 Å². The molecule has 0 unspecified atom stereocenters. The number of Topliss-reactive ketones (excluding diaryl/α,β-unsaturated/α-hetero) is 1. The summed E-state index contributed by atoms with van der Waals surface area (Å²) in [5.74, 6) is 1.30. The number of ketones is 1. The maximum atomic E-state index is 11.2. The van der Waals surface area contributed by atoms with E-state index in [-0.39, 0.29) is 5.78 Å². The Balaban J connectivity index is 1.79. The Bertz CT molecular complexity index is 592. The molecule has 1 aromatic heterocycles. The molecule has 3 nitrogen and oxygen atoms in total. The van der Waals surface area contributed by atoms with Gasteiger partial charge in [0.25, 0.3) is 0 Å². The average Bonchev–Trinajstić information content (AvgIpc) is 2.98. The van der Waals surface area contributed by atoms with Crippen molar-refractivity contribution in [2.45, 2.75) is 44.9 Å². The van der Waals surface area contributed by atoms with Gasteiger partial charge in [-0.05, 0) is 24.3 Å². The van der Waals surface area contributed by atoms with Crippen LogP contribution in [0.2, 0.25) is 0 Å². The van der Waals surface area contributed by atoms with E-state index in [0.717, 1.165) is 5.56 Å². The van der Waals surface area contributed by atoms with Crippen LogP contribution in [0.5, 0.6) is 0 Å². The van der Waals surface area contributed by atoms with Crippen molar-refractivity contribution in [2.75, 3.05) is 0 Å². The number of benzene rings is 1. The van der Waals surface area contributed by atoms with E-state index in [4.69, 9.17) is 4.52 Å². The van der Waals surface area contributed by atoms with Gasteiger partial charge in [0.1, 0.15) is 5.69 Å². The highest BCUT2D eigenvalue weighted by atomic mass is 16.5. The van der Waals surface area contributed by atoms with Gasteiger partial charge in [0.05, 0.1) is 0 Å². The monoisotopic (exact) mass is 269 g/mol. The lowest BCUT2D eigenvalue weighted by atomic mass is 9.84. The molecule has 0 amide bonds. The molecular formula is C17H19NO2. The molecule has 2 aromatic rings. The first-order valence-corrected chi connectivity index (χ1v) is 7.32. The minimum Gasteiger partial charge on any atom is -0.356 e. The van der Waals surface area contributed by atoms with E-state index in [1.54, 1.807) is 6.07 Å². The average molecular weight is 269 g/mol. The Morgan fingerprint density at radius 1 is 1.15 bits per heavy atom. The van der Waals surface area contributed by atoms with Crippen LogP contribution in [0.4, 0.5) is 0 Å². The summed E-state index contributed by atoms with van der Waals surface area (Å²) in [4.78, 5) is 11.2. The molecule has 1 fully saturated rings. The quantitative estimate of drug-likeness (QED) is 0.765. The maximum Gasteiger partial charge on any atom is 0.181 e. The summed E-state index contributed by atoms with van der Waals surface area (Å²) < 4.78 is 5.23. The summed E-state index contributed by atoms with van der Waals surface area (Å²) in [6.45, 7) is 1.49. The molecule has 0 N–H and O–H groups in total. The minimum atomic E-state index is -0.0705. The van der Waals surface area contributed by atoms with E-state index < -0.39 is 0 Å². The summed E-state index contributed by atoms with van der Waals surface area (Å²) in [5, 5.41) is 3.78. The normalized spacial score (nSPS) is 16.2. The number of rotatable bonds is 3. The molecule has 20 heavy (non-hydrogen) atoms. The zero-order valence-electron chi connectivity index (χ0n) is 11.8. The van der Waals surface area contributed by atoms with Crippen molar-refractivity contribution in [1.82, 2.24) is 5.16 Å². The molecule has 1 aromatic carbocycles. The number of hydrogen-bond donors (Lipinski definition) is 0. The number of carbonyl (C=O) groups excluding carboxylic acids is 1. The predicted octanol–water partition coefficient (Wildman–Crippen LogP) is 4.59. The van der Waals surface area contributed by atoms with Crippen molar-refractivity contribution in [3.8, 4) is 11.3 Å². The molecule has 1 aliphatic rings. The number of hydrogen-bond acceptors (Lipinski definition) is 3. The van der Waals surface area contributed by atoms with Crippen LogP contribution in [-0.4, -0.2) is 10.9 Å². The minimum absolute atomic E-state index is 0.0705. The maximum absolute atomic E-state index is 11.2. The molecule has 0 bridgehead atoms. The first-order valence-electron chi connectivity index (χ1n) is 7.32. The lowest BCUT2D eigenvalue weighted by Crippen LogP contribution is -2.04. The molecule has 3 heteroatoms. The summed E-state index contributed by atoms with van der Waals surface area (Å²) in [6, 6.07) is 10.2. The lowest BCUT2D eigenvalue weighted by molar-refractivity contribution is 0.100. The Labute approximate surface area is 119 Å². The third kappa shape index (κ3) is 2.67. The number of carbonyl (C=O) groups is 1. The summed E-state index contributed by atoms with van der Waals surface area (Å²) in [5.41, 5.74) is 2.78. The Morgan fingerprint density at radius 2 is 1.85 bits per heavy atom. The summed E-state index contributed by atoms with van der Waals surface area (Å²) in [6.07, 6.45) is 6.67. The van der Waals surface area contributed by atoms with Gasteiger partial charge in [-0.25, -0.2) is 0 Å². The number of nitrogens with zero attached hydrogens (tertiary/aromatic N) is 1. The van der Waals surface area contributed by atoms with Crippen molar-refractivity contribution in [1.29, 1.82) is 0 Å². The van der Waals surface area contributed by atoms with Gasteiger partial charge in [0, 0.05) is 18.6 Å². The van der Waals surface area contributed by atoms with Crippen molar-refractivity contribution in [2.24, 2.45) is 0 Å². The van der Waals surface area contributed by atoms with Crippen LogP contribution in [0.15, 0.2) is 34.9 Å². The highest BCUT2D eigenvalue weighted by Gasteiger charge is 2.16. The van der Waals surface area contributed by atoms with Gasteiger partial charge in [-0.2, -0.15) is 0 Å². The second-order valence-corrected chi connectivity index (χ2v) is 5.59. The zero-order valence-corrected chi connectivity index (χ0v) is 11.8. The van der Waals surface area contributed by atoms with Crippen LogP contribution in [0.25, 0.3) is 11.3 Å². The first-order chi connectivity index (χ1) is 9.74. The summed E-state index contributed by atoms with van der Waals surface area (Å²) in [7, 11) is 0. The molecule has 1 heterocycles. The molecule has 3 rings (SSSR count). The van der Waals surface area contributed by atoms with Crippen LogP contribution in [0, 0.1) is 0 Å². The van der Waals surface area contributed by atoms with Crippen LogP contribution in [0.1, 0.15) is 61.0 Å². The lowest BCUT2D eigenvalue weighted by Gasteiger charge is -2.21. The first kappa shape index (κ1) is 13.1. The third-order valence-corrected chi connectivity index (χ3v) is 4.14. The molecular weight excluding hydrogens is 250 g/mol. The van der Waals surface area contributed by atoms with Crippen LogP contribution >= 0.6 is 0 Å². The molecule has 0 spiro atoms. The smallest absolute Gasteiger partial charge is 0.181 e. The SMILES string of the molecule is CC(=O)c1cc(-c2ccc(C3CCCCC3)cc2)on1. The molecule has 1 saturated carbocycles. The van der Waals surface area contributed by atoms with Crippen LogP contribution in [0.3, 0.4) is 0 Å². The van der Waals surface area contributed by atoms with Gasteiger partial charge in [0.2, 0.25) is 0 Å². The van der Waals surface area contributed by atoms with E-state index in [0.29, 0.717) is 17.4 Å². The van der Waals surface area contributed by atoms with Gasteiger partial charge >= 0.3 is 0 Å². The second kappa shape index (κ2) is 5.61. The van der Waals surface area contributed by atoms with E-state index in [9.17, 15) is 4.79 Å². The van der Waals surface area contributed by atoms with E-state index in [1.165, 1.54) is 44.6 Å². The van der Waals surface area contributed by atoms with Crippen molar-refractivity contribution in [3.05, 3.63) is 41.6 Å². The Morgan fingerprint density at radius 3 is 2.45 bits per heavy atom. The standard InChI is InChI=1S/C17H19NO2/c1-12(19)16-11-17(20-18-16)15-9-7-14(8-10-15)13-5-3-2-4-6-13/h7-11,13H,2-6H2,1H3. The van der Waals surface area contributed by atoms with Gasteiger partial charge in [-0.1, -0.05) is 48.7 Å². The van der Waals surface area contributed by atoms with E-state index in [2.05, 4.69) is 29.4 Å². The van der Waals surface area contributed by atoms with Crippen molar-refractivity contribution < 1.29 is 9.32 Å². The zero-order chi connectivity index (χ0) is 13.9. The third-order valence-electron chi connectivity index (χ3n) is 4.14. The van der Waals surface area contributed by atoms with E-state index in [1.807, 2.05) is 0 Å². The fourth-order valence-corrected chi connectivity index (χ4v) is 2.93. The summed E-state index contributed by atoms with van der Waals surface area (Å²) >= 11 is 0. The molecule has 0 saturated heterocycles. The molecule has 0 aliphatic heterocycles. The molecule has 104 valence electrons. The van der Waals surface area contributed by atoms with Crippen LogP contribution in [-0.2, 0) is 0 Å². The van der Waals surface area contributed by atoms with Gasteiger partial charge in [0.15, 0.2) is 11.5 Å². The molecule has 0 atom stereocenters. The Kier molecular flexibility index (Phi) is 3.68. The van der Waals surface area contributed by atoms with Gasteiger partial charge in [-0.15, -0.1) is 0 Å². The predicted molar refractivity (Wildman–Crippen MR) is 77.8 cm³/mol. The number of aromatic nitrogens is 1.